The van der Waals surface area contributed by atoms with Crippen LogP contribution in [0.1, 0.15) is 6.92 Å². The van der Waals surface area contributed by atoms with Gasteiger partial charge in [-0.15, -0.1) is 0 Å². The molecular formula is C20H21N3O5S2. The summed E-state index contributed by atoms with van der Waals surface area (Å²) < 4.78 is 33.7. The molecule has 8 nitrogen and oxygen atoms in total. The van der Waals surface area contributed by atoms with Crippen molar-refractivity contribution in [1.29, 1.82) is 0 Å². The molecule has 10 heteroatoms. The van der Waals surface area contributed by atoms with Crippen LogP contribution < -0.4 is 9.61 Å². The van der Waals surface area contributed by atoms with Crippen LogP contribution in [-0.2, 0) is 14.8 Å². The molecule has 0 saturated carbocycles. The summed E-state index contributed by atoms with van der Waals surface area (Å²) in [5.41, 5.74) is 0.617. The minimum Gasteiger partial charge on any atom is -0.481 e. The number of H-pyrrole nitrogens is 1. The highest BCUT2D eigenvalue weighted by atomic mass is 32.2. The number of rotatable bonds is 5. The Morgan fingerprint density at radius 2 is 1.80 bits per heavy atom. The van der Waals surface area contributed by atoms with E-state index in [0.29, 0.717) is 29.1 Å². The fourth-order valence-corrected chi connectivity index (χ4v) is 5.69. The number of aromatic nitrogens is 1. The lowest BCUT2D eigenvalue weighted by Gasteiger charge is -2.35. The van der Waals surface area contributed by atoms with Crippen LogP contribution in [0.2, 0.25) is 0 Å². The summed E-state index contributed by atoms with van der Waals surface area (Å²) in [5, 5.41) is 0. The summed E-state index contributed by atoms with van der Waals surface area (Å²) in [6, 6.07) is 13.7. The van der Waals surface area contributed by atoms with Crippen LogP contribution in [0.5, 0.6) is 5.75 Å². The largest absolute Gasteiger partial charge is 0.481 e. The highest BCUT2D eigenvalue weighted by molar-refractivity contribution is 7.89. The van der Waals surface area contributed by atoms with E-state index in [1.807, 2.05) is 18.2 Å². The van der Waals surface area contributed by atoms with Gasteiger partial charge in [0.1, 0.15) is 5.75 Å². The van der Waals surface area contributed by atoms with Gasteiger partial charge in [0.15, 0.2) is 6.10 Å². The highest BCUT2D eigenvalue weighted by Gasteiger charge is 2.32. The van der Waals surface area contributed by atoms with Gasteiger partial charge >= 0.3 is 4.87 Å². The summed E-state index contributed by atoms with van der Waals surface area (Å²) in [5.74, 6) is 0.441. The average molecular weight is 448 g/mol. The van der Waals surface area contributed by atoms with Gasteiger partial charge in [-0.2, -0.15) is 4.31 Å². The van der Waals surface area contributed by atoms with Crippen LogP contribution >= 0.6 is 11.3 Å². The van der Waals surface area contributed by atoms with Gasteiger partial charge in [0.05, 0.1) is 15.1 Å². The summed E-state index contributed by atoms with van der Waals surface area (Å²) in [7, 11) is -3.71. The molecule has 1 aromatic heterocycles. The number of hydrogen-bond acceptors (Lipinski definition) is 6. The van der Waals surface area contributed by atoms with Crippen molar-refractivity contribution >= 4 is 37.5 Å². The van der Waals surface area contributed by atoms with E-state index < -0.39 is 16.1 Å². The van der Waals surface area contributed by atoms with E-state index in [2.05, 4.69) is 4.98 Å². The van der Waals surface area contributed by atoms with Crippen molar-refractivity contribution in [1.82, 2.24) is 14.2 Å². The molecule has 1 fully saturated rings. The molecule has 1 N–H and O–H groups in total. The molecule has 30 heavy (non-hydrogen) atoms. The monoisotopic (exact) mass is 447 g/mol. The number of carbonyl (C=O) groups is 1. The SMILES string of the molecule is C[C@H](Oc1ccccc1)C(=O)N1CCN(S(=O)(=O)c2ccc3[nH]c(=O)sc3c2)CC1. The molecule has 2 aromatic carbocycles. The zero-order chi connectivity index (χ0) is 21.3. The molecule has 1 amide bonds. The van der Waals surface area contributed by atoms with E-state index in [1.54, 1.807) is 30.0 Å². The topological polar surface area (TPSA) is 99.8 Å². The molecular weight excluding hydrogens is 426 g/mol. The predicted octanol–water partition coefficient (Wildman–Crippen LogP) is 1.89. The standard InChI is InChI=1S/C20H21N3O5S2/c1-14(28-15-5-3-2-4-6-15)19(24)22-9-11-23(12-10-22)30(26,27)16-7-8-17-18(13-16)29-20(25)21-17/h2-8,13-14H,9-12H2,1H3,(H,21,25)/t14-/m0/s1. The predicted molar refractivity (Wildman–Crippen MR) is 114 cm³/mol. The fourth-order valence-electron chi connectivity index (χ4n) is 3.39. The van der Waals surface area contributed by atoms with Crippen LogP contribution in [0.15, 0.2) is 58.2 Å². The van der Waals surface area contributed by atoms with Crippen LogP contribution in [-0.4, -0.2) is 60.8 Å². The molecule has 0 unspecified atom stereocenters. The number of carbonyl (C=O) groups excluding carboxylic acids is 1. The van der Waals surface area contributed by atoms with Gasteiger partial charge in [0.25, 0.3) is 5.91 Å². The zero-order valence-electron chi connectivity index (χ0n) is 16.3. The van der Waals surface area contributed by atoms with Crippen molar-refractivity contribution in [3.05, 3.63) is 58.2 Å². The Morgan fingerprint density at radius 1 is 1.10 bits per heavy atom. The van der Waals surface area contributed by atoms with E-state index in [1.165, 1.54) is 16.4 Å². The molecule has 0 spiro atoms. The quantitative estimate of drug-likeness (QED) is 0.644. The van der Waals surface area contributed by atoms with E-state index >= 15 is 0 Å². The first kappa shape index (κ1) is 20.6. The number of piperazine rings is 1. The van der Waals surface area contributed by atoms with E-state index in [0.717, 1.165) is 11.3 Å². The number of nitrogens with one attached hydrogen (secondary N) is 1. The van der Waals surface area contributed by atoms with Crippen molar-refractivity contribution in [2.24, 2.45) is 0 Å². The van der Waals surface area contributed by atoms with Gasteiger partial charge in [0.2, 0.25) is 10.0 Å². The Labute approximate surface area is 177 Å². The lowest BCUT2D eigenvalue weighted by Crippen LogP contribution is -2.53. The minimum absolute atomic E-state index is 0.144. The van der Waals surface area contributed by atoms with E-state index in [-0.39, 0.29) is 28.8 Å². The third kappa shape index (κ3) is 4.11. The molecule has 1 aliphatic rings. The van der Waals surface area contributed by atoms with Gasteiger partial charge in [-0.05, 0) is 37.3 Å². The molecule has 3 aromatic rings. The lowest BCUT2D eigenvalue weighted by atomic mass is 10.3. The zero-order valence-corrected chi connectivity index (χ0v) is 17.9. The Kier molecular flexibility index (Phi) is 5.63. The summed E-state index contributed by atoms with van der Waals surface area (Å²) in [6.07, 6.45) is -0.658. The first-order valence-corrected chi connectivity index (χ1v) is 11.7. The molecule has 4 rings (SSSR count). The van der Waals surface area contributed by atoms with Crippen molar-refractivity contribution in [3.8, 4) is 5.75 Å². The van der Waals surface area contributed by atoms with Gasteiger partial charge in [-0.25, -0.2) is 8.42 Å². The molecule has 1 saturated heterocycles. The number of hydrogen-bond donors (Lipinski definition) is 1. The molecule has 0 bridgehead atoms. The van der Waals surface area contributed by atoms with Gasteiger partial charge < -0.3 is 14.6 Å². The molecule has 1 aliphatic heterocycles. The number of thiazole rings is 1. The van der Waals surface area contributed by atoms with Crippen molar-refractivity contribution in [3.63, 3.8) is 0 Å². The first-order valence-electron chi connectivity index (χ1n) is 9.48. The van der Waals surface area contributed by atoms with Gasteiger partial charge in [-0.1, -0.05) is 29.5 Å². The third-order valence-corrected chi connectivity index (χ3v) is 7.72. The Balaban J connectivity index is 1.41. The van der Waals surface area contributed by atoms with Crippen LogP contribution in [0.4, 0.5) is 0 Å². The Bertz CT molecular complexity index is 1210. The smallest absolute Gasteiger partial charge is 0.305 e. The average Bonchev–Trinajstić information content (AvgIpc) is 3.13. The fraction of sp³-hybridized carbons (Fsp3) is 0.300. The number of ether oxygens (including phenoxy) is 1. The van der Waals surface area contributed by atoms with E-state index in [9.17, 15) is 18.0 Å². The normalized spacial score (nSPS) is 16.5. The second-order valence-electron chi connectivity index (χ2n) is 6.97. The number of benzene rings is 2. The van der Waals surface area contributed by atoms with Crippen molar-refractivity contribution < 1.29 is 17.9 Å². The second kappa shape index (κ2) is 8.21. The number of sulfonamides is 1. The van der Waals surface area contributed by atoms with Gasteiger partial charge in [-0.3, -0.25) is 9.59 Å². The number of nitrogens with zero attached hydrogens (tertiary/aromatic N) is 2. The molecule has 2 heterocycles. The van der Waals surface area contributed by atoms with Crippen molar-refractivity contribution in [2.75, 3.05) is 26.2 Å². The number of aromatic amines is 1. The molecule has 0 radical (unpaired) electrons. The van der Waals surface area contributed by atoms with Crippen LogP contribution in [0, 0.1) is 0 Å². The highest BCUT2D eigenvalue weighted by Crippen LogP contribution is 2.23. The number of fused-ring (bicyclic) bond motifs is 1. The van der Waals surface area contributed by atoms with Crippen LogP contribution in [0.3, 0.4) is 0 Å². The number of amides is 1. The summed E-state index contributed by atoms with van der Waals surface area (Å²) >= 11 is 0.976. The van der Waals surface area contributed by atoms with Gasteiger partial charge in [0, 0.05) is 26.2 Å². The van der Waals surface area contributed by atoms with Crippen LogP contribution in [0.25, 0.3) is 10.2 Å². The van der Waals surface area contributed by atoms with E-state index in [4.69, 9.17) is 4.74 Å². The molecule has 1 atom stereocenters. The lowest BCUT2D eigenvalue weighted by molar-refractivity contribution is -0.139. The Morgan fingerprint density at radius 3 is 2.50 bits per heavy atom. The maximum Gasteiger partial charge on any atom is 0.305 e. The summed E-state index contributed by atoms with van der Waals surface area (Å²) in [6.45, 7) is 2.68. The Hall–Kier alpha value is -2.69. The molecule has 0 aliphatic carbocycles. The van der Waals surface area contributed by atoms with Crippen molar-refractivity contribution in [2.45, 2.75) is 17.9 Å². The maximum atomic E-state index is 13.0. The number of para-hydroxylation sites is 1. The third-order valence-electron chi connectivity index (χ3n) is 4.98. The minimum atomic E-state index is -3.71. The maximum absolute atomic E-state index is 13.0. The molecule has 158 valence electrons. The first-order chi connectivity index (χ1) is 14.3. The second-order valence-corrected chi connectivity index (χ2v) is 9.93. The summed E-state index contributed by atoms with van der Waals surface area (Å²) in [4.78, 5) is 28.4.